The molecular formula is C10H11BrClNO3S. The predicted molar refractivity (Wildman–Crippen MR) is 71.2 cm³/mol. The van der Waals surface area contributed by atoms with Crippen LogP contribution in [0.25, 0.3) is 0 Å². The normalized spacial score (nSPS) is 27.0. The fourth-order valence-electron chi connectivity index (χ4n) is 1.77. The van der Waals surface area contributed by atoms with Crippen molar-refractivity contribution >= 4 is 43.1 Å². The molecule has 0 bridgehead atoms. The molecule has 1 saturated heterocycles. The van der Waals surface area contributed by atoms with E-state index < -0.39 is 22.0 Å². The molecule has 2 rings (SSSR count). The van der Waals surface area contributed by atoms with Gasteiger partial charge in [-0.05, 0) is 18.2 Å². The van der Waals surface area contributed by atoms with Gasteiger partial charge in [-0.2, -0.15) is 0 Å². The van der Waals surface area contributed by atoms with E-state index in [4.69, 9.17) is 11.6 Å². The lowest BCUT2D eigenvalue weighted by molar-refractivity contribution is 0.190. The Kier molecular flexibility index (Phi) is 3.68. The lowest BCUT2D eigenvalue weighted by Crippen LogP contribution is -2.31. The van der Waals surface area contributed by atoms with Crippen LogP contribution in [0, 0.1) is 0 Å². The van der Waals surface area contributed by atoms with Gasteiger partial charge < -0.3 is 10.4 Å². The first-order valence-electron chi connectivity index (χ1n) is 4.97. The average Bonchev–Trinajstić information content (AvgIpc) is 2.46. The number of hydrogen-bond acceptors (Lipinski definition) is 4. The smallest absolute Gasteiger partial charge is 0.155 e. The van der Waals surface area contributed by atoms with Crippen LogP contribution in [-0.2, 0) is 9.84 Å². The Morgan fingerprint density at radius 3 is 2.71 bits per heavy atom. The Morgan fingerprint density at radius 1 is 1.41 bits per heavy atom. The maximum absolute atomic E-state index is 11.4. The van der Waals surface area contributed by atoms with E-state index in [0.717, 1.165) is 4.47 Å². The summed E-state index contributed by atoms with van der Waals surface area (Å²) in [6.45, 7) is 0. The first-order chi connectivity index (χ1) is 7.87. The molecule has 2 N–H and O–H groups in total. The highest BCUT2D eigenvalue weighted by molar-refractivity contribution is 9.10. The zero-order valence-electron chi connectivity index (χ0n) is 8.73. The highest BCUT2D eigenvalue weighted by Crippen LogP contribution is 2.28. The highest BCUT2D eigenvalue weighted by atomic mass is 79.9. The lowest BCUT2D eigenvalue weighted by Gasteiger charge is -2.17. The van der Waals surface area contributed by atoms with E-state index in [0.29, 0.717) is 10.7 Å². The van der Waals surface area contributed by atoms with Crippen molar-refractivity contribution in [3.8, 4) is 0 Å². The van der Waals surface area contributed by atoms with Gasteiger partial charge in [-0.3, -0.25) is 0 Å². The van der Waals surface area contributed by atoms with E-state index in [-0.39, 0.29) is 11.5 Å². The molecule has 0 radical (unpaired) electrons. The highest BCUT2D eigenvalue weighted by Gasteiger charge is 2.36. The molecule has 0 spiro atoms. The Labute approximate surface area is 113 Å². The van der Waals surface area contributed by atoms with Crippen LogP contribution < -0.4 is 5.32 Å². The van der Waals surface area contributed by atoms with Crippen molar-refractivity contribution < 1.29 is 13.5 Å². The van der Waals surface area contributed by atoms with Crippen LogP contribution in [0.1, 0.15) is 0 Å². The van der Waals surface area contributed by atoms with Crippen LogP contribution in [0.5, 0.6) is 0 Å². The van der Waals surface area contributed by atoms with E-state index in [9.17, 15) is 13.5 Å². The van der Waals surface area contributed by atoms with Crippen molar-refractivity contribution in [3.63, 3.8) is 0 Å². The summed E-state index contributed by atoms with van der Waals surface area (Å²) in [5, 5.41) is 13.1. The molecule has 1 fully saturated rings. The van der Waals surface area contributed by atoms with Crippen molar-refractivity contribution in [1.29, 1.82) is 0 Å². The lowest BCUT2D eigenvalue weighted by atomic mass is 10.2. The molecule has 0 saturated carbocycles. The van der Waals surface area contributed by atoms with Gasteiger partial charge in [0.2, 0.25) is 0 Å². The molecule has 94 valence electrons. The van der Waals surface area contributed by atoms with Gasteiger partial charge in [-0.1, -0.05) is 27.5 Å². The SMILES string of the molecule is O=S1(=O)CC(O)C(Nc2cc(Br)ccc2Cl)C1. The summed E-state index contributed by atoms with van der Waals surface area (Å²) in [5.74, 6) is -0.271. The maximum atomic E-state index is 11.4. The zero-order valence-corrected chi connectivity index (χ0v) is 11.9. The van der Waals surface area contributed by atoms with Crippen LogP contribution in [0.4, 0.5) is 5.69 Å². The van der Waals surface area contributed by atoms with Gasteiger partial charge in [-0.15, -0.1) is 0 Å². The number of nitrogens with one attached hydrogen (secondary N) is 1. The molecule has 1 aromatic rings. The zero-order chi connectivity index (χ0) is 12.6. The molecule has 0 aliphatic carbocycles. The molecule has 7 heteroatoms. The molecule has 1 heterocycles. The van der Waals surface area contributed by atoms with Gasteiger partial charge in [0.05, 0.1) is 34.4 Å². The van der Waals surface area contributed by atoms with E-state index in [1.165, 1.54) is 0 Å². The summed E-state index contributed by atoms with van der Waals surface area (Å²) in [6.07, 6.45) is -0.893. The van der Waals surface area contributed by atoms with Gasteiger partial charge in [-0.25, -0.2) is 8.42 Å². The first-order valence-corrected chi connectivity index (χ1v) is 7.97. The number of hydrogen-bond donors (Lipinski definition) is 2. The summed E-state index contributed by atoms with van der Waals surface area (Å²) in [5.41, 5.74) is 0.613. The molecule has 4 nitrogen and oxygen atoms in total. The van der Waals surface area contributed by atoms with Crippen molar-refractivity contribution in [2.75, 3.05) is 16.8 Å². The third-order valence-electron chi connectivity index (χ3n) is 2.59. The number of aliphatic hydroxyl groups is 1. The van der Waals surface area contributed by atoms with E-state index in [1.807, 2.05) is 0 Å². The Morgan fingerprint density at radius 2 is 2.12 bits per heavy atom. The minimum Gasteiger partial charge on any atom is -0.390 e. The number of aliphatic hydroxyl groups excluding tert-OH is 1. The third kappa shape index (κ3) is 3.13. The van der Waals surface area contributed by atoms with Crippen LogP contribution in [0.15, 0.2) is 22.7 Å². The summed E-state index contributed by atoms with van der Waals surface area (Å²) < 4.78 is 23.5. The molecule has 0 amide bonds. The van der Waals surface area contributed by atoms with E-state index in [2.05, 4.69) is 21.2 Å². The molecular weight excluding hydrogens is 330 g/mol. The van der Waals surface area contributed by atoms with Crippen molar-refractivity contribution in [2.45, 2.75) is 12.1 Å². The summed E-state index contributed by atoms with van der Waals surface area (Å²) >= 11 is 9.28. The van der Waals surface area contributed by atoms with Crippen molar-refractivity contribution in [3.05, 3.63) is 27.7 Å². The Hall–Kier alpha value is -0.300. The second kappa shape index (κ2) is 4.76. The molecule has 2 atom stereocenters. The Bertz CT molecular complexity index is 534. The summed E-state index contributed by atoms with van der Waals surface area (Å²) in [6, 6.07) is 4.73. The summed E-state index contributed by atoms with van der Waals surface area (Å²) in [7, 11) is -3.16. The fraction of sp³-hybridized carbons (Fsp3) is 0.400. The standard InChI is InChI=1S/C10H11BrClNO3S/c11-6-1-2-7(12)8(3-6)13-9-4-17(15,16)5-10(9)14/h1-3,9-10,13-14H,4-5H2. The second-order valence-corrected chi connectivity index (χ2v) is 7.50. The van der Waals surface area contributed by atoms with Gasteiger partial charge >= 0.3 is 0 Å². The first kappa shape index (κ1) is 13.1. The van der Waals surface area contributed by atoms with Crippen LogP contribution in [-0.4, -0.2) is 37.2 Å². The van der Waals surface area contributed by atoms with Gasteiger partial charge in [0, 0.05) is 4.47 Å². The quantitative estimate of drug-likeness (QED) is 0.859. The number of sulfone groups is 1. The van der Waals surface area contributed by atoms with Gasteiger partial charge in [0.25, 0.3) is 0 Å². The third-order valence-corrected chi connectivity index (χ3v) is 5.13. The van der Waals surface area contributed by atoms with Gasteiger partial charge in [0.1, 0.15) is 0 Å². The summed E-state index contributed by atoms with van der Waals surface area (Å²) in [4.78, 5) is 0. The minimum absolute atomic E-state index is 0.0724. The van der Waals surface area contributed by atoms with Crippen molar-refractivity contribution in [1.82, 2.24) is 0 Å². The average molecular weight is 341 g/mol. The number of halogens is 2. The maximum Gasteiger partial charge on any atom is 0.155 e. The topological polar surface area (TPSA) is 66.4 Å². The number of benzene rings is 1. The number of rotatable bonds is 2. The molecule has 17 heavy (non-hydrogen) atoms. The Balaban J connectivity index is 2.19. The minimum atomic E-state index is -3.16. The predicted octanol–water partition coefficient (Wildman–Crippen LogP) is 1.67. The van der Waals surface area contributed by atoms with Crippen LogP contribution in [0.3, 0.4) is 0 Å². The van der Waals surface area contributed by atoms with E-state index >= 15 is 0 Å². The second-order valence-electron chi connectivity index (χ2n) is 4.02. The fourth-order valence-corrected chi connectivity index (χ4v) is 4.05. The largest absolute Gasteiger partial charge is 0.390 e. The molecule has 1 aliphatic heterocycles. The monoisotopic (exact) mass is 339 g/mol. The molecule has 1 aromatic carbocycles. The molecule has 0 aromatic heterocycles. The van der Waals surface area contributed by atoms with Crippen LogP contribution >= 0.6 is 27.5 Å². The number of anilines is 1. The van der Waals surface area contributed by atoms with Gasteiger partial charge in [0.15, 0.2) is 9.84 Å². The van der Waals surface area contributed by atoms with E-state index in [1.54, 1.807) is 18.2 Å². The van der Waals surface area contributed by atoms with Crippen LogP contribution in [0.2, 0.25) is 5.02 Å². The molecule has 1 aliphatic rings. The van der Waals surface area contributed by atoms with Crippen molar-refractivity contribution in [2.24, 2.45) is 0 Å². The molecule has 2 unspecified atom stereocenters.